The van der Waals surface area contributed by atoms with E-state index in [0.29, 0.717) is 31.1 Å². The maximum absolute atomic E-state index is 15.5. The van der Waals surface area contributed by atoms with Crippen molar-refractivity contribution in [3.05, 3.63) is 137 Å². The molecule has 0 aliphatic carbocycles. The van der Waals surface area contributed by atoms with Crippen LogP contribution in [-0.2, 0) is 27.5 Å². The first kappa shape index (κ1) is 32.4. The van der Waals surface area contributed by atoms with Crippen LogP contribution in [-0.4, -0.2) is 45.5 Å². The Labute approximate surface area is 268 Å². The molecule has 1 aliphatic rings. The Hall–Kier alpha value is -4.96. The molecular formula is C36H35FN2O6S. The number of carbonyl (C=O) groups excluding carboxylic acids is 2. The van der Waals surface area contributed by atoms with Gasteiger partial charge >= 0.3 is 0 Å². The minimum atomic E-state index is -4.44. The Morgan fingerprint density at radius 1 is 0.826 bits per heavy atom. The molecular weight excluding hydrogens is 607 g/mol. The predicted molar refractivity (Wildman–Crippen MR) is 173 cm³/mol. The second-order valence-electron chi connectivity index (χ2n) is 11.0. The van der Waals surface area contributed by atoms with Crippen molar-refractivity contribution in [3.8, 4) is 11.5 Å². The van der Waals surface area contributed by atoms with Crippen LogP contribution in [0.2, 0.25) is 0 Å². The number of sulfone groups is 1. The van der Waals surface area contributed by atoms with Crippen LogP contribution in [0.3, 0.4) is 0 Å². The minimum absolute atomic E-state index is 0.143. The van der Waals surface area contributed by atoms with Crippen molar-refractivity contribution >= 4 is 21.7 Å². The highest BCUT2D eigenvalue weighted by Gasteiger charge is 2.27. The third-order valence-corrected chi connectivity index (χ3v) is 9.05. The van der Waals surface area contributed by atoms with E-state index in [2.05, 4.69) is 10.6 Å². The summed E-state index contributed by atoms with van der Waals surface area (Å²) in [4.78, 5) is 27.1. The number of amides is 2. The van der Waals surface area contributed by atoms with Crippen LogP contribution >= 0.6 is 0 Å². The van der Waals surface area contributed by atoms with Gasteiger partial charge in [0.25, 0.3) is 5.91 Å². The Kier molecular flexibility index (Phi) is 10.5. The molecule has 4 aromatic rings. The third-order valence-electron chi connectivity index (χ3n) is 7.51. The van der Waals surface area contributed by atoms with Gasteiger partial charge < -0.3 is 20.1 Å². The molecule has 0 fully saturated rings. The van der Waals surface area contributed by atoms with E-state index in [1.165, 1.54) is 24.3 Å². The van der Waals surface area contributed by atoms with Gasteiger partial charge in [-0.05, 0) is 67.3 Å². The van der Waals surface area contributed by atoms with Gasteiger partial charge in [-0.2, -0.15) is 4.39 Å². The number of benzene rings is 4. The van der Waals surface area contributed by atoms with Gasteiger partial charge in [-0.15, -0.1) is 0 Å². The first-order chi connectivity index (χ1) is 22.2. The highest BCUT2D eigenvalue weighted by Crippen LogP contribution is 2.30. The molecule has 0 unspecified atom stereocenters. The van der Waals surface area contributed by atoms with Crippen molar-refractivity contribution in [3.63, 3.8) is 0 Å². The number of rotatable bonds is 12. The monoisotopic (exact) mass is 642 g/mol. The second kappa shape index (κ2) is 14.9. The standard InChI is InChI=1S/C36H35FN2O6S/c1-25-9-8-12-27(21-25)22-31(39-35(40)28-16-18-32-33(23-28)45-20-19-44-32)36(41)38-29(17-15-26-10-4-2-5-11-26)24-34(37)46(42,43)30-13-6-3-7-14-30/h2-14,16,18,21,23-24,29,31H,15,17,19-20,22H2,1H3,(H,38,41)(H,39,40)/b34-24+/t29-,31-/m0/s1. The summed E-state index contributed by atoms with van der Waals surface area (Å²) >= 11 is 0. The molecule has 1 heterocycles. The molecule has 238 valence electrons. The van der Waals surface area contributed by atoms with Crippen LogP contribution < -0.4 is 20.1 Å². The molecule has 0 aromatic heterocycles. The molecule has 2 N–H and O–H groups in total. The summed E-state index contributed by atoms with van der Waals surface area (Å²) in [5.74, 6) is -0.150. The first-order valence-corrected chi connectivity index (χ1v) is 16.4. The number of hydrogen-bond acceptors (Lipinski definition) is 6. The fourth-order valence-electron chi connectivity index (χ4n) is 5.12. The molecule has 0 saturated heterocycles. The van der Waals surface area contributed by atoms with E-state index in [0.717, 1.165) is 22.8 Å². The number of ether oxygens (including phenoxy) is 2. The highest BCUT2D eigenvalue weighted by molar-refractivity contribution is 7.95. The molecule has 1 aliphatic heterocycles. The van der Waals surface area contributed by atoms with Gasteiger partial charge in [-0.1, -0.05) is 78.4 Å². The Morgan fingerprint density at radius 3 is 2.22 bits per heavy atom. The van der Waals surface area contributed by atoms with Crippen LogP contribution in [0, 0.1) is 6.92 Å². The maximum Gasteiger partial charge on any atom is 0.252 e. The SMILES string of the molecule is Cc1cccc(C[C@H](NC(=O)c2ccc3c(c2)OCCO3)C(=O)N[C@H](/C=C(\F)S(=O)(=O)c2ccccc2)CCc2ccccc2)c1. The number of hydrogen-bond donors (Lipinski definition) is 2. The van der Waals surface area contributed by atoms with E-state index in [9.17, 15) is 18.0 Å². The Bertz CT molecular complexity index is 1810. The smallest absolute Gasteiger partial charge is 0.252 e. The molecule has 0 radical (unpaired) electrons. The van der Waals surface area contributed by atoms with E-state index in [1.54, 1.807) is 24.3 Å². The molecule has 10 heteroatoms. The molecule has 5 rings (SSSR count). The summed E-state index contributed by atoms with van der Waals surface area (Å²) in [5.41, 5.74) is 2.99. The fraction of sp³-hybridized carbons (Fsp3) is 0.222. The number of halogens is 1. The lowest BCUT2D eigenvalue weighted by molar-refractivity contribution is -0.123. The average molecular weight is 643 g/mol. The van der Waals surface area contributed by atoms with Crippen molar-refractivity contribution in [2.24, 2.45) is 0 Å². The van der Waals surface area contributed by atoms with Crippen molar-refractivity contribution in [1.82, 2.24) is 10.6 Å². The molecule has 4 aromatic carbocycles. The number of carbonyl (C=O) groups is 2. The Balaban J connectivity index is 1.41. The van der Waals surface area contributed by atoms with Gasteiger partial charge in [0.2, 0.25) is 20.9 Å². The predicted octanol–water partition coefficient (Wildman–Crippen LogP) is 5.51. The van der Waals surface area contributed by atoms with Crippen LogP contribution in [0.1, 0.15) is 33.5 Å². The third kappa shape index (κ3) is 8.39. The van der Waals surface area contributed by atoms with Gasteiger partial charge in [-0.25, -0.2) is 8.42 Å². The van der Waals surface area contributed by atoms with E-state index in [4.69, 9.17) is 9.47 Å². The van der Waals surface area contributed by atoms with Gasteiger partial charge in [0.1, 0.15) is 19.3 Å². The van der Waals surface area contributed by atoms with Gasteiger partial charge in [0, 0.05) is 12.0 Å². The van der Waals surface area contributed by atoms with E-state index < -0.39 is 38.9 Å². The summed E-state index contributed by atoms with van der Waals surface area (Å²) in [6.07, 6.45) is 1.72. The fourth-order valence-corrected chi connectivity index (χ4v) is 6.20. The van der Waals surface area contributed by atoms with Crippen molar-refractivity contribution < 1.29 is 31.9 Å². The van der Waals surface area contributed by atoms with E-state index in [-0.39, 0.29) is 23.3 Å². The summed E-state index contributed by atoms with van der Waals surface area (Å²) in [7, 11) is -4.44. The molecule has 0 bridgehead atoms. The van der Waals surface area contributed by atoms with E-state index >= 15 is 4.39 Å². The largest absolute Gasteiger partial charge is 0.486 e. The van der Waals surface area contributed by atoms with Crippen LogP contribution in [0.5, 0.6) is 11.5 Å². The topological polar surface area (TPSA) is 111 Å². The lowest BCUT2D eigenvalue weighted by atomic mass is 10.0. The first-order valence-electron chi connectivity index (χ1n) is 15.0. The number of nitrogens with one attached hydrogen (secondary N) is 2. The molecule has 46 heavy (non-hydrogen) atoms. The zero-order valence-corrected chi connectivity index (χ0v) is 26.1. The van der Waals surface area contributed by atoms with Gasteiger partial charge in [0.05, 0.1) is 10.9 Å². The molecule has 2 amide bonds. The van der Waals surface area contributed by atoms with Crippen LogP contribution in [0.15, 0.2) is 119 Å². The van der Waals surface area contributed by atoms with Crippen molar-refractivity contribution in [2.45, 2.75) is 43.2 Å². The van der Waals surface area contributed by atoms with Crippen LogP contribution in [0.25, 0.3) is 0 Å². The highest BCUT2D eigenvalue weighted by atomic mass is 32.2. The zero-order valence-electron chi connectivity index (χ0n) is 25.3. The molecule has 0 spiro atoms. The summed E-state index contributed by atoms with van der Waals surface area (Å²) < 4.78 is 52.7. The van der Waals surface area contributed by atoms with Crippen molar-refractivity contribution in [2.75, 3.05) is 13.2 Å². The molecule has 2 atom stereocenters. The number of fused-ring (bicyclic) bond motifs is 1. The minimum Gasteiger partial charge on any atom is -0.486 e. The molecule has 8 nitrogen and oxygen atoms in total. The lowest BCUT2D eigenvalue weighted by Gasteiger charge is -2.23. The van der Waals surface area contributed by atoms with Gasteiger partial charge in [-0.3, -0.25) is 9.59 Å². The van der Waals surface area contributed by atoms with Gasteiger partial charge in [0.15, 0.2) is 11.5 Å². The summed E-state index contributed by atoms with van der Waals surface area (Å²) in [6, 6.07) is 26.9. The quantitative estimate of drug-likeness (QED) is 0.211. The van der Waals surface area contributed by atoms with Crippen LogP contribution in [0.4, 0.5) is 4.39 Å². The molecule has 0 saturated carbocycles. The second-order valence-corrected chi connectivity index (χ2v) is 12.9. The number of aryl methyl sites for hydroxylation is 2. The lowest BCUT2D eigenvalue weighted by Crippen LogP contribution is -2.50. The zero-order chi connectivity index (χ0) is 32.5. The van der Waals surface area contributed by atoms with E-state index in [1.807, 2.05) is 61.5 Å². The normalized spacial score (nSPS) is 14.2. The van der Waals surface area contributed by atoms with Crippen molar-refractivity contribution in [1.29, 1.82) is 0 Å². The maximum atomic E-state index is 15.5. The summed E-state index contributed by atoms with van der Waals surface area (Å²) in [6.45, 7) is 2.68. The Morgan fingerprint density at radius 2 is 1.50 bits per heavy atom. The average Bonchev–Trinajstić information content (AvgIpc) is 3.07. The summed E-state index contributed by atoms with van der Waals surface area (Å²) in [5, 5.41) is 4.25.